The SMILES string of the molecule is O=C1C(Cc2ccco2)Nc2c(Cc3ccccc3)nc(-c3cc(O)cc(Cl)c3)c[n+]21. The number of aromatic hydroxyl groups is 1. The maximum atomic E-state index is 13.2. The third-order valence-corrected chi connectivity index (χ3v) is 5.46. The monoisotopic (exact) mass is 432 g/mol. The number of phenols is 1. The van der Waals surface area contributed by atoms with Crippen molar-refractivity contribution in [3.8, 4) is 17.0 Å². The van der Waals surface area contributed by atoms with Crippen LogP contribution in [-0.2, 0) is 12.8 Å². The van der Waals surface area contributed by atoms with Crippen molar-refractivity contribution in [1.29, 1.82) is 0 Å². The van der Waals surface area contributed by atoms with Gasteiger partial charge in [0, 0.05) is 17.0 Å². The van der Waals surface area contributed by atoms with Crippen LogP contribution in [0.4, 0.5) is 5.82 Å². The summed E-state index contributed by atoms with van der Waals surface area (Å²) in [5, 5.41) is 13.7. The van der Waals surface area contributed by atoms with E-state index in [-0.39, 0.29) is 11.7 Å². The predicted molar refractivity (Wildman–Crippen MR) is 116 cm³/mol. The van der Waals surface area contributed by atoms with Crippen LogP contribution in [-0.4, -0.2) is 22.0 Å². The number of nitrogens with one attached hydrogen (secondary N) is 1. The van der Waals surface area contributed by atoms with Crippen molar-refractivity contribution in [2.45, 2.75) is 18.9 Å². The molecule has 0 saturated heterocycles. The number of carbonyl (C=O) groups excluding carboxylic acids is 1. The lowest BCUT2D eigenvalue weighted by molar-refractivity contribution is -0.552. The molecular weight excluding hydrogens is 414 g/mol. The summed E-state index contributed by atoms with van der Waals surface area (Å²) in [6.45, 7) is 0. The number of benzene rings is 2. The number of rotatable bonds is 5. The van der Waals surface area contributed by atoms with Crippen LogP contribution in [0.1, 0.15) is 21.8 Å². The fourth-order valence-electron chi connectivity index (χ4n) is 3.82. The summed E-state index contributed by atoms with van der Waals surface area (Å²) in [5.74, 6) is 1.35. The third kappa shape index (κ3) is 3.90. The molecule has 0 spiro atoms. The predicted octanol–water partition coefficient (Wildman–Crippen LogP) is 4.26. The first-order chi connectivity index (χ1) is 15.1. The van der Waals surface area contributed by atoms with E-state index in [4.69, 9.17) is 21.0 Å². The van der Waals surface area contributed by atoms with Gasteiger partial charge in [-0.25, -0.2) is 9.78 Å². The van der Waals surface area contributed by atoms with E-state index >= 15 is 0 Å². The van der Waals surface area contributed by atoms with Gasteiger partial charge in [0.15, 0.2) is 0 Å². The summed E-state index contributed by atoms with van der Waals surface area (Å²) in [5.41, 5.74) is 3.00. The minimum atomic E-state index is -0.453. The molecule has 7 heteroatoms. The largest absolute Gasteiger partial charge is 0.508 e. The summed E-state index contributed by atoms with van der Waals surface area (Å²) in [7, 11) is 0. The first kappa shape index (κ1) is 19.3. The number of nitrogens with zero attached hydrogens (tertiary/aromatic N) is 2. The normalized spacial score (nSPS) is 15.0. The highest BCUT2D eigenvalue weighted by molar-refractivity contribution is 6.31. The van der Waals surface area contributed by atoms with Crippen LogP contribution in [0.3, 0.4) is 0 Å². The van der Waals surface area contributed by atoms with Crippen LogP contribution in [0, 0.1) is 0 Å². The number of anilines is 1. The Kier molecular flexibility index (Phi) is 4.92. The standard InChI is InChI=1S/C24H18ClN3O3/c25-17-10-16(11-18(29)12-17)22-14-28-23(20(26-22)9-15-5-2-1-3-6-15)27-21(24(28)30)13-19-7-4-8-31-19/h1-8,10-12,14,21,29H,9,13H2/p+1. The number of aromatic nitrogens is 2. The number of hydrogen-bond donors (Lipinski definition) is 2. The zero-order chi connectivity index (χ0) is 21.4. The molecule has 0 fully saturated rings. The number of halogens is 1. The van der Waals surface area contributed by atoms with Crippen molar-refractivity contribution in [1.82, 2.24) is 4.98 Å². The van der Waals surface area contributed by atoms with Crippen molar-refractivity contribution in [3.63, 3.8) is 0 Å². The Labute approximate surface area is 183 Å². The summed E-state index contributed by atoms with van der Waals surface area (Å²) in [4.78, 5) is 18.0. The number of furan rings is 1. The number of carbonyl (C=O) groups is 1. The van der Waals surface area contributed by atoms with Crippen molar-refractivity contribution < 1.29 is 18.9 Å². The van der Waals surface area contributed by atoms with Crippen LogP contribution in [0.15, 0.2) is 77.5 Å². The van der Waals surface area contributed by atoms with E-state index in [1.165, 1.54) is 6.07 Å². The molecule has 2 N–H and O–H groups in total. The molecule has 0 radical (unpaired) electrons. The summed E-state index contributed by atoms with van der Waals surface area (Å²) >= 11 is 6.13. The molecule has 1 atom stereocenters. The Morgan fingerprint density at radius 1 is 1.13 bits per heavy atom. The average molecular weight is 433 g/mol. The molecule has 0 saturated carbocycles. The maximum Gasteiger partial charge on any atom is 0.359 e. The molecule has 1 aliphatic heterocycles. The van der Waals surface area contributed by atoms with Crippen LogP contribution in [0.2, 0.25) is 5.02 Å². The van der Waals surface area contributed by atoms with Crippen molar-refractivity contribution in [2.24, 2.45) is 0 Å². The second-order valence-electron chi connectivity index (χ2n) is 7.47. The molecule has 0 bridgehead atoms. The van der Waals surface area contributed by atoms with Gasteiger partial charge in [-0.1, -0.05) is 41.9 Å². The zero-order valence-electron chi connectivity index (χ0n) is 16.5. The van der Waals surface area contributed by atoms with Crippen LogP contribution < -0.4 is 9.88 Å². The van der Waals surface area contributed by atoms with Gasteiger partial charge in [0.1, 0.15) is 29.1 Å². The first-order valence-corrected chi connectivity index (χ1v) is 10.3. The van der Waals surface area contributed by atoms with Crippen molar-refractivity contribution in [2.75, 3.05) is 5.32 Å². The smallest absolute Gasteiger partial charge is 0.359 e. The third-order valence-electron chi connectivity index (χ3n) is 5.25. The molecule has 0 amide bonds. The van der Waals surface area contributed by atoms with E-state index in [1.54, 1.807) is 35.2 Å². The molecule has 5 rings (SSSR count). The summed E-state index contributed by atoms with van der Waals surface area (Å²) in [6.07, 6.45) is 4.27. The Hall–Kier alpha value is -3.64. The highest BCUT2D eigenvalue weighted by atomic mass is 35.5. The van der Waals surface area contributed by atoms with Crippen molar-refractivity contribution in [3.05, 3.63) is 95.2 Å². The molecule has 2 aromatic carbocycles. The number of phenolic OH excluding ortho intramolecular Hbond substituents is 1. The molecule has 6 nitrogen and oxygen atoms in total. The molecule has 2 aromatic heterocycles. The van der Waals surface area contributed by atoms with Crippen LogP contribution in [0.25, 0.3) is 11.3 Å². The fourth-order valence-corrected chi connectivity index (χ4v) is 4.05. The molecule has 3 heterocycles. The Bertz CT molecular complexity index is 1240. The van der Waals surface area contributed by atoms with E-state index in [0.717, 1.165) is 17.0 Å². The van der Waals surface area contributed by atoms with Gasteiger partial charge >= 0.3 is 11.7 Å². The van der Waals surface area contributed by atoms with E-state index in [9.17, 15) is 9.90 Å². The Morgan fingerprint density at radius 3 is 2.71 bits per heavy atom. The first-order valence-electron chi connectivity index (χ1n) is 9.89. The quantitative estimate of drug-likeness (QED) is 0.461. The summed E-state index contributed by atoms with van der Waals surface area (Å²) in [6, 6.07) is 17.9. The summed E-state index contributed by atoms with van der Waals surface area (Å²) < 4.78 is 7.03. The topological polar surface area (TPSA) is 79.2 Å². The Morgan fingerprint density at radius 2 is 1.97 bits per heavy atom. The minimum absolute atomic E-state index is 0.0413. The molecule has 1 aliphatic rings. The minimum Gasteiger partial charge on any atom is -0.508 e. The van der Waals surface area contributed by atoms with E-state index < -0.39 is 6.04 Å². The van der Waals surface area contributed by atoms with Gasteiger partial charge in [-0.2, -0.15) is 4.57 Å². The lowest BCUT2D eigenvalue weighted by Gasteiger charge is -2.08. The van der Waals surface area contributed by atoms with Gasteiger partial charge in [-0.15, -0.1) is 0 Å². The number of hydrogen-bond acceptors (Lipinski definition) is 5. The van der Waals surface area contributed by atoms with Crippen molar-refractivity contribution >= 4 is 23.3 Å². The van der Waals surface area contributed by atoms with Gasteiger partial charge in [0.05, 0.1) is 12.7 Å². The lowest BCUT2D eigenvalue weighted by atomic mass is 10.1. The molecular formula is C24H19ClN3O3+. The maximum absolute atomic E-state index is 13.2. The lowest BCUT2D eigenvalue weighted by Crippen LogP contribution is -2.44. The molecule has 31 heavy (non-hydrogen) atoms. The van der Waals surface area contributed by atoms with Crippen LogP contribution >= 0.6 is 11.6 Å². The zero-order valence-corrected chi connectivity index (χ0v) is 17.2. The molecule has 154 valence electrons. The highest BCUT2D eigenvalue weighted by Crippen LogP contribution is 2.29. The molecule has 1 unspecified atom stereocenters. The van der Waals surface area contributed by atoms with E-state index in [0.29, 0.717) is 34.9 Å². The van der Waals surface area contributed by atoms with Gasteiger partial charge in [0.2, 0.25) is 6.04 Å². The van der Waals surface area contributed by atoms with Gasteiger partial charge in [-0.05, 0) is 35.9 Å². The second-order valence-corrected chi connectivity index (χ2v) is 7.91. The van der Waals surface area contributed by atoms with E-state index in [2.05, 4.69) is 5.32 Å². The highest BCUT2D eigenvalue weighted by Gasteiger charge is 2.41. The average Bonchev–Trinajstić information content (AvgIpc) is 3.37. The number of fused-ring (bicyclic) bond motifs is 1. The van der Waals surface area contributed by atoms with Crippen LogP contribution in [0.5, 0.6) is 5.75 Å². The molecule has 0 aliphatic carbocycles. The molecule has 4 aromatic rings. The van der Waals surface area contributed by atoms with Gasteiger partial charge < -0.3 is 9.52 Å². The van der Waals surface area contributed by atoms with E-state index in [1.807, 2.05) is 36.4 Å². The van der Waals surface area contributed by atoms with Gasteiger partial charge in [-0.3, -0.25) is 5.32 Å². The Balaban J connectivity index is 1.59. The second kappa shape index (κ2) is 7.89. The fraction of sp³-hybridized carbons (Fsp3) is 0.125. The van der Waals surface area contributed by atoms with Gasteiger partial charge in [0.25, 0.3) is 0 Å².